The van der Waals surface area contributed by atoms with Crippen LogP contribution in [0.5, 0.6) is 17.5 Å². The SMILES string of the molecule is COc1ccc(-c2c(Cl)c(Cn3c(O)ccc3O)nc3sc4c(c23)CC[S@@](=O)C4)cc1. The fourth-order valence-electron chi connectivity index (χ4n) is 3.97. The molecule has 5 rings (SSSR count). The minimum atomic E-state index is -0.864. The normalized spacial score (nSPS) is 15.9. The molecular weight excluding hydrogens is 456 g/mol. The van der Waals surface area contributed by atoms with E-state index >= 15 is 0 Å². The Kier molecular flexibility index (Phi) is 5.16. The van der Waals surface area contributed by atoms with Crippen molar-refractivity contribution in [1.82, 2.24) is 9.55 Å². The van der Waals surface area contributed by atoms with Crippen molar-refractivity contribution >= 4 is 44.0 Å². The lowest BCUT2D eigenvalue weighted by Crippen LogP contribution is -2.11. The predicted molar refractivity (Wildman–Crippen MR) is 124 cm³/mol. The van der Waals surface area contributed by atoms with Gasteiger partial charge in [-0.3, -0.25) is 8.78 Å². The number of rotatable bonds is 4. The van der Waals surface area contributed by atoms with Gasteiger partial charge in [-0.15, -0.1) is 11.3 Å². The molecule has 0 amide bonds. The Morgan fingerprint density at radius 3 is 2.58 bits per heavy atom. The number of methoxy groups -OCH3 is 1. The van der Waals surface area contributed by atoms with Crippen molar-refractivity contribution < 1.29 is 19.2 Å². The first-order valence-electron chi connectivity index (χ1n) is 9.65. The number of hydrogen-bond acceptors (Lipinski definition) is 6. The van der Waals surface area contributed by atoms with Crippen LogP contribution in [0.15, 0.2) is 36.4 Å². The van der Waals surface area contributed by atoms with Crippen molar-refractivity contribution in [1.29, 1.82) is 0 Å². The average Bonchev–Trinajstić information content (AvgIpc) is 3.28. The van der Waals surface area contributed by atoms with Gasteiger partial charge < -0.3 is 14.9 Å². The van der Waals surface area contributed by atoms with Gasteiger partial charge in [0.25, 0.3) is 0 Å². The molecule has 0 saturated heterocycles. The lowest BCUT2D eigenvalue weighted by Gasteiger charge is -2.16. The maximum atomic E-state index is 12.1. The van der Waals surface area contributed by atoms with E-state index in [2.05, 4.69) is 0 Å². The van der Waals surface area contributed by atoms with Gasteiger partial charge in [0.2, 0.25) is 0 Å². The molecule has 9 heteroatoms. The third kappa shape index (κ3) is 3.48. The van der Waals surface area contributed by atoms with E-state index in [0.29, 0.717) is 22.2 Å². The molecule has 0 bridgehead atoms. The maximum Gasteiger partial charge on any atom is 0.194 e. The molecule has 4 aromatic rings. The van der Waals surface area contributed by atoms with Crippen LogP contribution in [0.25, 0.3) is 21.3 Å². The van der Waals surface area contributed by atoms with Crippen molar-refractivity contribution in [2.24, 2.45) is 0 Å². The number of aromatic nitrogens is 2. The second-order valence-corrected chi connectivity index (χ2v) is 10.4. The van der Waals surface area contributed by atoms with E-state index < -0.39 is 10.8 Å². The highest BCUT2D eigenvalue weighted by molar-refractivity contribution is 7.84. The molecular formula is C22H19ClN2O4S2. The van der Waals surface area contributed by atoms with Crippen LogP contribution < -0.4 is 4.74 Å². The van der Waals surface area contributed by atoms with Gasteiger partial charge in [-0.05, 0) is 29.7 Å². The van der Waals surface area contributed by atoms with Crippen molar-refractivity contribution in [3.8, 4) is 28.6 Å². The topological polar surface area (TPSA) is 84.6 Å². The summed E-state index contributed by atoms with van der Waals surface area (Å²) in [7, 11) is 0.757. The summed E-state index contributed by atoms with van der Waals surface area (Å²) in [6.45, 7) is 0.122. The van der Waals surface area contributed by atoms with Crippen LogP contribution in [0.4, 0.5) is 0 Å². The number of aryl methyl sites for hydroxylation is 1. The Morgan fingerprint density at radius 1 is 1.19 bits per heavy atom. The fourth-order valence-corrected chi connectivity index (χ4v) is 6.99. The largest absolute Gasteiger partial charge is 0.497 e. The lowest BCUT2D eigenvalue weighted by molar-refractivity contribution is 0.376. The van der Waals surface area contributed by atoms with Crippen LogP contribution in [-0.4, -0.2) is 36.8 Å². The number of ether oxygens (including phenoxy) is 1. The summed E-state index contributed by atoms with van der Waals surface area (Å²) in [6, 6.07) is 10.5. The molecule has 1 atom stereocenters. The van der Waals surface area contributed by atoms with E-state index in [1.807, 2.05) is 24.3 Å². The number of hydrogen-bond donors (Lipinski definition) is 2. The minimum Gasteiger partial charge on any atom is -0.497 e. The van der Waals surface area contributed by atoms with Crippen molar-refractivity contribution in [2.45, 2.75) is 18.7 Å². The summed E-state index contributed by atoms with van der Waals surface area (Å²) in [5, 5.41) is 21.6. The van der Waals surface area contributed by atoms with Crippen LogP contribution in [-0.2, 0) is 29.5 Å². The number of fused-ring (bicyclic) bond motifs is 3. The zero-order chi connectivity index (χ0) is 21.7. The monoisotopic (exact) mass is 474 g/mol. The molecule has 4 heterocycles. The van der Waals surface area contributed by atoms with Gasteiger partial charge in [0, 0.05) is 44.5 Å². The molecule has 0 saturated carbocycles. The van der Waals surface area contributed by atoms with Gasteiger partial charge in [0.1, 0.15) is 10.6 Å². The Hall–Kier alpha value is -2.55. The van der Waals surface area contributed by atoms with Crippen LogP contribution in [0.3, 0.4) is 0 Å². The molecule has 0 radical (unpaired) electrons. The molecule has 160 valence electrons. The number of nitrogens with zero attached hydrogens (tertiary/aromatic N) is 2. The summed E-state index contributed by atoms with van der Waals surface area (Å²) in [6.07, 6.45) is 0.724. The second kappa shape index (κ2) is 7.85. The average molecular weight is 475 g/mol. The molecule has 0 aliphatic carbocycles. The fraction of sp³-hybridized carbons (Fsp3) is 0.227. The summed E-state index contributed by atoms with van der Waals surface area (Å²) in [5.74, 6) is 1.77. The number of thiophene rings is 1. The van der Waals surface area contributed by atoms with Crippen molar-refractivity contribution in [3.63, 3.8) is 0 Å². The highest BCUT2D eigenvalue weighted by atomic mass is 35.5. The Labute approximate surface area is 190 Å². The highest BCUT2D eigenvalue weighted by Crippen LogP contribution is 2.45. The first-order valence-corrected chi connectivity index (χ1v) is 12.3. The zero-order valence-electron chi connectivity index (χ0n) is 16.6. The van der Waals surface area contributed by atoms with Crippen LogP contribution >= 0.6 is 22.9 Å². The van der Waals surface area contributed by atoms with Gasteiger partial charge in [0.15, 0.2) is 11.8 Å². The predicted octanol–water partition coefficient (Wildman–Crippen LogP) is 4.69. The van der Waals surface area contributed by atoms with Gasteiger partial charge in [-0.25, -0.2) is 4.98 Å². The van der Waals surface area contributed by atoms with Gasteiger partial charge in [0.05, 0.1) is 30.1 Å². The van der Waals surface area contributed by atoms with E-state index in [1.165, 1.54) is 16.7 Å². The van der Waals surface area contributed by atoms with E-state index in [9.17, 15) is 14.4 Å². The lowest BCUT2D eigenvalue weighted by atomic mass is 9.97. The molecule has 2 N–H and O–H groups in total. The summed E-state index contributed by atoms with van der Waals surface area (Å²) in [5.41, 5.74) is 3.49. The van der Waals surface area contributed by atoms with E-state index in [4.69, 9.17) is 21.3 Å². The van der Waals surface area contributed by atoms with E-state index in [0.717, 1.165) is 44.0 Å². The Bertz CT molecular complexity index is 1310. The molecule has 0 spiro atoms. The molecule has 6 nitrogen and oxygen atoms in total. The number of aromatic hydroxyl groups is 2. The van der Waals surface area contributed by atoms with Gasteiger partial charge in [-0.2, -0.15) is 0 Å². The highest BCUT2D eigenvalue weighted by Gasteiger charge is 2.26. The molecule has 1 aliphatic heterocycles. The van der Waals surface area contributed by atoms with Crippen LogP contribution in [0, 0.1) is 0 Å². The molecule has 1 aromatic carbocycles. The summed E-state index contributed by atoms with van der Waals surface area (Å²) < 4.78 is 18.8. The molecule has 31 heavy (non-hydrogen) atoms. The smallest absolute Gasteiger partial charge is 0.194 e. The van der Waals surface area contributed by atoms with E-state index in [1.54, 1.807) is 18.4 Å². The molecule has 1 aliphatic rings. The number of pyridine rings is 1. The number of halogens is 1. The van der Waals surface area contributed by atoms with Crippen molar-refractivity contribution in [2.75, 3.05) is 12.9 Å². The standard InChI is InChI=1S/C22H19ClN2O4S2/c1-29-13-4-2-12(3-5-13)19-20-14-8-9-31(28)11-16(14)30-22(20)24-15(21(19)23)10-25-17(26)6-7-18(25)27/h2-7,26-27H,8-11H2,1H3/t31-/m1/s1. The van der Waals surface area contributed by atoms with Crippen molar-refractivity contribution in [3.05, 3.63) is 57.6 Å². The van der Waals surface area contributed by atoms with Crippen LogP contribution in [0.1, 0.15) is 16.1 Å². The zero-order valence-corrected chi connectivity index (χ0v) is 19.0. The summed E-state index contributed by atoms with van der Waals surface area (Å²) >= 11 is 8.46. The minimum absolute atomic E-state index is 0.0673. The quantitative estimate of drug-likeness (QED) is 0.448. The first-order chi connectivity index (χ1) is 15.0. The molecule has 3 aromatic heterocycles. The van der Waals surface area contributed by atoms with Gasteiger partial charge in [-0.1, -0.05) is 23.7 Å². The Morgan fingerprint density at radius 2 is 1.90 bits per heavy atom. The van der Waals surface area contributed by atoms with E-state index in [-0.39, 0.29) is 18.3 Å². The molecule has 0 unspecified atom stereocenters. The molecule has 0 fully saturated rings. The second-order valence-electron chi connectivity index (χ2n) is 7.33. The third-order valence-electron chi connectivity index (χ3n) is 5.52. The maximum absolute atomic E-state index is 12.1. The third-order valence-corrected chi connectivity index (χ3v) is 8.51. The number of benzene rings is 1. The van der Waals surface area contributed by atoms with Crippen LogP contribution in [0.2, 0.25) is 5.02 Å². The first kappa shape index (κ1) is 20.4. The Balaban J connectivity index is 1.76. The van der Waals surface area contributed by atoms with Gasteiger partial charge >= 0.3 is 0 Å². The summed E-state index contributed by atoms with van der Waals surface area (Å²) in [4.78, 5) is 6.71.